The number of carboxylic acids is 1. The summed E-state index contributed by atoms with van der Waals surface area (Å²) in [6, 6.07) is 6.17. The van der Waals surface area contributed by atoms with E-state index in [-0.39, 0.29) is 12.5 Å². The number of nitrogens with two attached hydrogens (primary N) is 1. The Morgan fingerprint density at radius 3 is 2.68 bits per heavy atom. The second-order valence-corrected chi connectivity index (χ2v) is 5.30. The molecule has 0 fully saturated rings. The Morgan fingerprint density at radius 2 is 2.11 bits per heavy atom. The van der Waals surface area contributed by atoms with Crippen molar-refractivity contribution in [3.05, 3.63) is 34.9 Å². The highest BCUT2D eigenvalue weighted by Gasteiger charge is 2.11. The topological polar surface area (TPSA) is 66.6 Å². The molecule has 0 aliphatic rings. The number of rotatable bonds is 7. The number of benzene rings is 1. The van der Waals surface area contributed by atoms with E-state index < -0.39 is 5.97 Å². The molecule has 0 spiro atoms. The van der Waals surface area contributed by atoms with Gasteiger partial charge in [0.1, 0.15) is 0 Å². The highest BCUT2D eigenvalue weighted by atomic mass is 16.4. The molecule has 1 rings (SSSR count). The van der Waals surface area contributed by atoms with Crippen molar-refractivity contribution in [1.29, 1.82) is 0 Å². The maximum Gasteiger partial charge on any atom is 0.304 e. The molecule has 0 heterocycles. The van der Waals surface area contributed by atoms with E-state index in [0.29, 0.717) is 6.54 Å². The van der Waals surface area contributed by atoms with Gasteiger partial charge >= 0.3 is 5.97 Å². The molecule has 0 aliphatic carbocycles. The molecule has 19 heavy (non-hydrogen) atoms. The zero-order valence-electron chi connectivity index (χ0n) is 12.0. The second-order valence-electron chi connectivity index (χ2n) is 5.30. The first-order valence-corrected chi connectivity index (χ1v) is 6.60. The van der Waals surface area contributed by atoms with Crippen molar-refractivity contribution in [1.82, 2.24) is 4.90 Å². The number of aliphatic carboxylic acids is 1. The van der Waals surface area contributed by atoms with E-state index in [2.05, 4.69) is 36.9 Å². The van der Waals surface area contributed by atoms with Crippen molar-refractivity contribution in [2.24, 2.45) is 5.73 Å². The first-order chi connectivity index (χ1) is 8.88. The third-order valence-electron chi connectivity index (χ3n) is 3.24. The second kappa shape index (κ2) is 7.26. The summed E-state index contributed by atoms with van der Waals surface area (Å²) in [5.41, 5.74) is 9.69. The number of hydrogen-bond donors (Lipinski definition) is 2. The predicted molar refractivity (Wildman–Crippen MR) is 77.3 cm³/mol. The molecule has 3 N–H and O–H groups in total. The number of likely N-dealkylation sites (N-methyl/N-ethyl adjacent to an activating group) is 1. The lowest BCUT2D eigenvalue weighted by molar-refractivity contribution is -0.137. The van der Waals surface area contributed by atoms with Crippen LogP contribution in [-0.4, -0.2) is 42.2 Å². The zero-order chi connectivity index (χ0) is 14.4. The molecule has 0 aliphatic heterocycles. The zero-order valence-corrected chi connectivity index (χ0v) is 12.0. The van der Waals surface area contributed by atoms with Crippen LogP contribution >= 0.6 is 0 Å². The summed E-state index contributed by atoms with van der Waals surface area (Å²) >= 11 is 0. The first-order valence-electron chi connectivity index (χ1n) is 6.60. The molecule has 106 valence electrons. The maximum atomic E-state index is 10.5. The lowest BCUT2D eigenvalue weighted by Gasteiger charge is -2.20. The number of hydrogen-bond acceptors (Lipinski definition) is 3. The highest BCUT2D eigenvalue weighted by molar-refractivity contribution is 5.67. The van der Waals surface area contributed by atoms with E-state index in [1.54, 1.807) is 0 Å². The van der Waals surface area contributed by atoms with Gasteiger partial charge in [0.05, 0.1) is 6.42 Å². The van der Waals surface area contributed by atoms with Gasteiger partial charge < -0.3 is 15.7 Å². The summed E-state index contributed by atoms with van der Waals surface area (Å²) in [6.07, 6.45) is 0.982. The molecule has 1 atom stereocenters. The van der Waals surface area contributed by atoms with Crippen LogP contribution in [-0.2, 0) is 11.2 Å². The van der Waals surface area contributed by atoms with Gasteiger partial charge in [-0.1, -0.05) is 23.8 Å². The summed E-state index contributed by atoms with van der Waals surface area (Å²) in [7, 11) is 1.98. The van der Waals surface area contributed by atoms with Gasteiger partial charge in [0.2, 0.25) is 0 Å². The molecule has 0 aromatic heterocycles. The molecule has 1 aromatic carbocycles. The van der Waals surface area contributed by atoms with Gasteiger partial charge in [-0.25, -0.2) is 0 Å². The smallest absolute Gasteiger partial charge is 0.304 e. The van der Waals surface area contributed by atoms with Gasteiger partial charge in [0.15, 0.2) is 0 Å². The lowest BCUT2D eigenvalue weighted by atomic mass is 10.0. The van der Waals surface area contributed by atoms with E-state index in [9.17, 15) is 4.79 Å². The van der Waals surface area contributed by atoms with E-state index in [1.807, 2.05) is 7.05 Å². The van der Waals surface area contributed by atoms with Crippen LogP contribution in [0.25, 0.3) is 0 Å². The van der Waals surface area contributed by atoms with E-state index in [1.165, 1.54) is 16.7 Å². The van der Waals surface area contributed by atoms with Crippen LogP contribution in [0.1, 0.15) is 23.1 Å². The summed E-state index contributed by atoms with van der Waals surface area (Å²) in [5, 5.41) is 8.67. The summed E-state index contributed by atoms with van der Waals surface area (Å²) in [5.74, 6) is -0.838. The largest absolute Gasteiger partial charge is 0.481 e. The standard InChI is InChI=1S/C15H24N2O2/c1-11-4-5-13(12(2)8-11)6-7-17(3)10-14(16)9-15(18)19/h4-5,8,14H,6-7,9-10,16H2,1-3H3,(H,18,19). The van der Waals surface area contributed by atoms with Crippen molar-refractivity contribution in [3.63, 3.8) is 0 Å². The quantitative estimate of drug-likeness (QED) is 0.784. The highest BCUT2D eigenvalue weighted by Crippen LogP contribution is 2.11. The average Bonchev–Trinajstić information content (AvgIpc) is 2.26. The lowest BCUT2D eigenvalue weighted by Crippen LogP contribution is -2.37. The van der Waals surface area contributed by atoms with Gasteiger partial charge in [0, 0.05) is 19.1 Å². The summed E-state index contributed by atoms with van der Waals surface area (Å²) in [6.45, 7) is 5.71. The Hall–Kier alpha value is -1.39. The molecule has 0 saturated heterocycles. The van der Waals surface area contributed by atoms with E-state index in [4.69, 9.17) is 10.8 Å². The minimum atomic E-state index is -0.838. The summed E-state index contributed by atoms with van der Waals surface area (Å²) < 4.78 is 0. The number of aryl methyl sites for hydroxylation is 2. The first kappa shape index (κ1) is 15.7. The fraction of sp³-hybridized carbons (Fsp3) is 0.533. The van der Waals surface area contributed by atoms with Crippen LogP contribution in [0.5, 0.6) is 0 Å². The van der Waals surface area contributed by atoms with Crippen LogP contribution in [0.2, 0.25) is 0 Å². The van der Waals surface area contributed by atoms with E-state index >= 15 is 0 Å². The molecule has 0 saturated carbocycles. The Bertz CT molecular complexity index is 432. The molecule has 4 heteroatoms. The van der Waals surface area contributed by atoms with Crippen LogP contribution in [0, 0.1) is 13.8 Å². The third kappa shape index (κ3) is 5.85. The SMILES string of the molecule is Cc1ccc(CCN(C)CC(N)CC(=O)O)c(C)c1. The van der Waals surface area contributed by atoms with Crippen LogP contribution in [0.3, 0.4) is 0 Å². The Balaban J connectivity index is 2.41. The number of carbonyl (C=O) groups is 1. The normalized spacial score (nSPS) is 12.7. The molecular formula is C15H24N2O2. The Morgan fingerprint density at radius 1 is 1.42 bits per heavy atom. The van der Waals surface area contributed by atoms with Crippen LogP contribution < -0.4 is 5.73 Å². The maximum absolute atomic E-state index is 10.5. The van der Waals surface area contributed by atoms with Crippen LogP contribution in [0.15, 0.2) is 18.2 Å². The van der Waals surface area contributed by atoms with Gasteiger partial charge in [-0.2, -0.15) is 0 Å². The average molecular weight is 264 g/mol. The van der Waals surface area contributed by atoms with Crippen molar-refractivity contribution in [3.8, 4) is 0 Å². The molecule has 4 nitrogen and oxygen atoms in total. The van der Waals surface area contributed by atoms with Crippen molar-refractivity contribution >= 4 is 5.97 Å². The van der Waals surface area contributed by atoms with Gasteiger partial charge in [-0.15, -0.1) is 0 Å². The molecule has 0 bridgehead atoms. The van der Waals surface area contributed by atoms with E-state index in [0.717, 1.165) is 13.0 Å². The van der Waals surface area contributed by atoms with Crippen molar-refractivity contribution in [2.45, 2.75) is 32.7 Å². The van der Waals surface area contributed by atoms with Crippen LogP contribution in [0.4, 0.5) is 0 Å². The minimum Gasteiger partial charge on any atom is -0.481 e. The molecule has 1 unspecified atom stereocenters. The number of nitrogens with zero attached hydrogens (tertiary/aromatic N) is 1. The van der Waals surface area contributed by atoms with Gasteiger partial charge in [0.25, 0.3) is 0 Å². The number of carboxylic acid groups (broad SMARTS) is 1. The van der Waals surface area contributed by atoms with Crippen molar-refractivity contribution < 1.29 is 9.90 Å². The van der Waals surface area contributed by atoms with Gasteiger partial charge in [-0.05, 0) is 38.4 Å². The molecule has 1 aromatic rings. The Labute approximate surface area is 115 Å². The third-order valence-corrected chi connectivity index (χ3v) is 3.24. The fourth-order valence-electron chi connectivity index (χ4n) is 2.22. The molecular weight excluding hydrogens is 240 g/mol. The molecule has 0 radical (unpaired) electrons. The minimum absolute atomic E-state index is 0.0217. The Kier molecular flexibility index (Phi) is 5.99. The van der Waals surface area contributed by atoms with Crippen molar-refractivity contribution in [2.75, 3.05) is 20.1 Å². The fourth-order valence-corrected chi connectivity index (χ4v) is 2.22. The summed E-state index contributed by atoms with van der Waals surface area (Å²) in [4.78, 5) is 12.6. The monoisotopic (exact) mass is 264 g/mol. The molecule has 0 amide bonds. The predicted octanol–water partition coefficient (Wildman–Crippen LogP) is 1.58. The van der Waals surface area contributed by atoms with Gasteiger partial charge in [-0.3, -0.25) is 4.79 Å².